The summed E-state index contributed by atoms with van der Waals surface area (Å²) >= 11 is 0. The van der Waals surface area contributed by atoms with E-state index in [1.54, 1.807) is 30.3 Å². The van der Waals surface area contributed by atoms with Crippen molar-refractivity contribution in [2.24, 2.45) is 0 Å². The molecule has 1 aliphatic heterocycles. The van der Waals surface area contributed by atoms with Crippen molar-refractivity contribution in [1.82, 2.24) is 4.98 Å². The minimum absolute atomic E-state index is 0.0931. The third-order valence-corrected chi connectivity index (χ3v) is 4.51. The molecule has 0 saturated heterocycles. The van der Waals surface area contributed by atoms with Crippen LogP contribution in [0, 0.1) is 0 Å². The molecule has 0 fully saturated rings. The number of aromatic nitrogens is 1. The molecule has 1 aromatic heterocycles. The lowest BCUT2D eigenvalue weighted by Crippen LogP contribution is -2.33. The fourth-order valence-corrected chi connectivity index (χ4v) is 2.90. The number of carbonyl (C=O) groups is 2. The SMILES string of the molecule is CCc1ccc2c(c1)CCN2C(=O)Nc1ccc(N(C)C(C)=O)nc1. The number of rotatable bonds is 3. The highest BCUT2D eigenvalue weighted by Crippen LogP contribution is 2.29. The standard InChI is InChI=1S/C19H22N4O2/c1-4-14-5-7-17-15(11-14)9-10-23(17)19(25)21-16-6-8-18(20-12-16)22(3)13(2)24/h5-8,11-12H,4,9-10H2,1-3H3,(H,21,25). The normalized spacial score (nSPS) is 12.7. The maximum absolute atomic E-state index is 12.6. The van der Waals surface area contributed by atoms with E-state index in [2.05, 4.69) is 29.4 Å². The molecular weight excluding hydrogens is 316 g/mol. The molecule has 0 aliphatic carbocycles. The van der Waals surface area contributed by atoms with Gasteiger partial charge in [-0.15, -0.1) is 0 Å². The summed E-state index contributed by atoms with van der Waals surface area (Å²) in [4.78, 5) is 31.4. The Morgan fingerprint density at radius 2 is 2.08 bits per heavy atom. The maximum Gasteiger partial charge on any atom is 0.326 e. The van der Waals surface area contributed by atoms with Gasteiger partial charge in [0.25, 0.3) is 0 Å². The molecule has 0 spiro atoms. The second-order valence-electron chi connectivity index (χ2n) is 6.13. The second kappa shape index (κ2) is 6.93. The lowest BCUT2D eigenvalue weighted by atomic mass is 10.1. The molecule has 130 valence electrons. The summed E-state index contributed by atoms with van der Waals surface area (Å²) in [6.45, 7) is 4.28. The van der Waals surface area contributed by atoms with Crippen molar-refractivity contribution in [2.45, 2.75) is 26.7 Å². The summed E-state index contributed by atoms with van der Waals surface area (Å²) in [5.74, 6) is 0.452. The first-order valence-corrected chi connectivity index (χ1v) is 8.40. The molecule has 0 radical (unpaired) electrons. The Morgan fingerprint density at radius 1 is 1.28 bits per heavy atom. The van der Waals surface area contributed by atoms with Crippen LogP contribution in [0.1, 0.15) is 25.0 Å². The van der Waals surface area contributed by atoms with Gasteiger partial charge in [0.1, 0.15) is 5.82 Å². The quantitative estimate of drug-likeness (QED) is 0.934. The molecule has 1 aliphatic rings. The molecule has 1 N–H and O–H groups in total. The van der Waals surface area contributed by atoms with E-state index in [-0.39, 0.29) is 11.9 Å². The van der Waals surface area contributed by atoms with Crippen molar-refractivity contribution >= 4 is 29.1 Å². The summed E-state index contributed by atoms with van der Waals surface area (Å²) in [5, 5.41) is 2.87. The second-order valence-corrected chi connectivity index (χ2v) is 6.13. The van der Waals surface area contributed by atoms with Crippen LogP contribution in [0.5, 0.6) is 0 Å². The van der Waals surface area contributed by atoms with Crippen LogP contribution >= 0.6 is 0 Å². The van der Waals surface area contributed by atoms with Crippen LogP contribution in [0.4, 0.5) is 22.0 Å². The van der Waals surface area contributed by atoms with Gasteiger partial charge in [0.05, 0.1) is 11.9 Å². The van der Waals surface area contributed by atoms with Crippen LogP contribution in [0.15, 0.2) is 36.5 Å². The topological polar surface area (TPSA) is 65.5 Å². The highest BCUT2D eigenvalue weighted by Gasteiger charge is 2.24. The number of anilines is 3. The van der Waals surface area contributed by atoms with Crippen molar-refractivity contribution in [2.75, 3.05) is 28.7 Å². The summed E-state index contributed by atoms with van der Waals surface area (Å²) in [5.41, 5.74) is 4.07. The lowest BCUT2D eigenvalue weighted by Gasteiger charge is -2.19. The molecule has 6 heteroatoms. The molecule has 2 heterocycles. The Labute approximate surface area is 147 Å². The minimum atomic E-state index is -0.169. The number of urea groups is 1. The maximum atomic E-state index is 12.6. The number of benzene rings is 1. The van der Waals surface area contributed by atoms with Gasteiger partial charge in [-0.05, 0) is 42.2 Å². The van der Waals surface area contributed by atoms with E-state index in [4.69, 9.17) is 0 Å². The van der Waals surface area contributed by atoms with E-state index in [9.17, 15) is 9.59 Å². The average molecular weight is 338 g/mol. The van der Waals surface area contributed by atoms with Gasteiger partial charge in [-0.25, -0.2) is 9.78 Å². The Morgan fingerprint density at radius 3 is 2.72 bits per heavy atom. The molecule has 0 unspecified atom stereocenters. The van der Waals surface area contributed by atoms with Crippen molar-refractivity contribution < 1.29 is 9.59 Å². The van der Waals surface area contributed by atoms with Gasteiger partial charge in [-0.2, -0.15) is 0 Å². The molecular formula is C19H22N4O2. The van der Waals surface area contributed by atoms with Crippen LogP contribution in [0.2, 0.25) is 0 Å². The molecule has 0 saturated carbocycles. The Balaban J connectivity index is 1.71. The summed E-state index contributed by atoms with van der Waals surface area (Å²) in [6.07, 6.45) is 3.42. The monoisotopic (exact) mass is 338 g/mol. The molecule has 6 nitrogen and oxygen atoms in total. The summed E-state index contributed by atoms with van der Waals surface area (Å²) < 4.78 is 0. The van der Waals surface area contributed by atoms with Gasteiger partial charge in [0.15, 0.2) is 0 Å². The molecule has 1 aromatic carbocycles. The average Bonchev–Trinajstić information content (AvgIpc) is 3.04. The van der Waals surface area contributed by atoms with Crippen molar-refractivity contribution in [1.29, 1.82) is 0 Å². The first kappa shape index (κ1) is 17.0. The highest BCUT2D eigenvalue weighted by molar-refractivity contribution is 6.03. The number of fused-ring (bicyclic) bond motifs is 1. The number of hydrogen-bond acceptors (Lipinski definition) is 3. The van der Waals surface area contributed by atoms with E-state index in [0.29, 0.717) is 18.1 Å². The van der Waals surface area contributed by atoms with Crippen molar-refractivity contribution in [3.05, 3.63) is 47.7 Å². The molecule has 2 aromatic rings. The summed E-state index contributed by atoms with van der Waals surface area (Å²) in [6, 6.07) is 9.55. The number of carbonyl (C=O) groups excluding carboxylic acids is 2. The van der Waals surface area contributed by atoms with Gasteiger partial charge in [-0.1, -0.05) is 19.1 Å². The molecule has 25 heavy (non-hydrogen) atoms. The zero-order valence-electron chi connectivity index (χ0n) is 14.7. The van der Waals surface area contributed by atoms with E-state index in [1.807, 2.05) is 6.07 Å². The van der Waals surface area contributed by atoms with Crippen molar-refractivity contribution in [3.8, 4) is 0 Å². The zero-order chi connectivity index (χ0) is 18.0. The largest absolute Gasteiger partial charge is 0.326 e. The Bertz CT molecular complexity index is 802. The zero-order valence-corrected chi connectivity index (χ0v) is 14.7. The van der Waals surface area contributed by atoms with Gasteiger partial charge < -0.3 is 10.2 Å². The molecule has 0 bridgehead atoms. The van der Waals surface area contributed by atoms with E-state index in [1.165, 1.54) is 23.0 Å². The number of pyridine rings is 1. The number of amides is 3. The number of nitrogens with zero attached hydrogens (tertiary/aromatic N) is 3. The van der Waals surface area contributed by atoms with Crippen LogP contribution in [-0.2, 0) is 17.6 Å². The Hall–Kier alpha value is -2.89. The van der Waals surface area contributed by atoms with Crippen LogP contribution in [0.25, 0.3) is 0 Å². The Kier molecular flexibility index (Phi) is 4.70. The van der Waals surface area contributed by atoms with Crippen molar-refractivity contribution in [3.63, 3.8) is 0 Å². The lowest BCUT2D eigenvalue weighted by molar-refractivity contribution is -0.116. The number of nitrogens with one attached hydrogen (secondary N) is 1. The highest BCUT2D eigenvalue weighted by atomic mass is 16.2. The first-order chi connectivity index (χ1) is 12.0. The van der Waals surface area contributed by atoms with Crippen LogP contribution in [-0.4, -0.2) is 30.5 Å². The van der Waals surface area contributed by atoms with Gasteiger partial charge >= 0.3 is 6.03 Å². The smallest absolute Gasteiger partial charge is 0.306 e. The third-order valence-electron chi connectivity index (χ3n) is 4.51. The van der Waals surface area contributed by atoms with Crippen LogP contribution in [0.3, 0.4) is 0 Å². The minimum Gasteiger partial charge on any atom is -0.306 e. The van der Waals surface area contributed by atoms with E-state index in [0.717, 1.165) is 18.5 Å². The fourth-order valence-electron chi connectivity index (χ4n) is 2.90. The van der Waals surface area contributed by atoms with Gasteiger partial charge in [0, 0.05) is 26.2 Å². The fraction of sp³-hybridized carbons (Fsp3) is 0.316. The summed E-state index contributed by atoms with van der Waals surface area (Å²) in [7, 11) is 1.66. The predicted molar refractivity (Wildman–Crippen MR) is 99.2 cm³/mol. The van der Waals surface area contributed by atoms with E-state index >= 15 is 0 Å². The number of aryl methyl sites for hydroxylation is 1. The van der Waals surface area contributed by atoms with Gasteiger partial charge in [-0.3, -0.25) is 9.69 Å². The molecule has 0 atom stereocenters. The predicted octanol–water partition coefficient (Wildman–Crippen LogP) is 3.22. The first-order valence-electron chi connectivity index (χ1n) is 8.40. The molecule has 3 amide bonds. The third kappa shape index (κ3) is 3.47. The molecule has 3 rings (SSSR count). The van der Waals surface area contributed by atoms with Gasteiger partial charge in [0.2, 0.25) is 5.91 Å². The van der Waals surface area contributed by atoms with E-state index < -0.39 is 0 Å². The number of hydrogen-bond donors (Lipinski definition) is 1. The van der Waals surface area contributed by atoms with Crippen LogP contribution < -0.4 is 15.1 Å².